The molecule has 1 saturated heterocycles. The molecular formula is C19H24N2O6. The Morgan fingerprint density at radius 1 is 1.26 bits per heavy atom. The van der Waals surface area contributed by atoms with E-state index in [2.05, 4.69) is 5.32 Å². The average Bonchev–Trinajstić information content (AvgIpc) is 3.12. The number of hydrogen-bond acceptors (Lipinski definition) is 5. The molecule has 27 heavy (non-hydrogen) atoms. The minimum Gasteiger partial charge on any atom is -0.481 e. The number of esters is 1. The lowest BCUT2D eigenvalue weighted by Gasteiger charge is -2.25. The Morgan fingerprint density at radius 2 is 1.96 bits per heavy atom. The van der Waals surface area contributed by atoms with Gasteiger partial charge in [0.1, 0.15) is 12.1 Å². The summed E-state index contributed by atoms with van der Waals surface area (Å²) in [5.41, 5.74) is 0.851. The Labute approximate surface area is 157 Å². The fraction of sp³-hybridized carbons (Fsp3) is 0.474. The first kappa shape index (κ1) is 20.4. The molecule has 2 amide bonds. The Kier molecular flexibility index (Phi) is 7.34. The van der Waals surface area contributed by atoms with Crippen molar-refractivity contribution in [2.45, 2.75) is 44.7 Å². The second-order valence-electron chi connectivity index (χ2n) is 6.32. The zero-order chi connectivity index (χ0) is 19.8. The summed E-state index contributed by atoms with van der Waals surface area (Å²) in [6.45, 7) is 2.13. The van der Waals surface area contributed by atoms with Gasteiger partial charge in [-0.3, -0.25) is 14.4 Å². The number of nitrogens with one attached hydrogen (secondary N) is 1. The number of likely N-dealkylation sites (tertiary alicyclic amines) is 1. The molecule has 8 heteroatoms. The van der Waals surface area contributed by atoms with Crippen LogP contribution < -0.4 is 5.32 Å². The van der Waals surface area contributed by atoms with Crippen molar-refractivity contribution < 1.29 is 29.0 Å². The van der Waals surface area contributed by atoms with Crippen molar-refractivity contribution in [1.29, 1.82) is 0 Å². The van der Waals surface area contributed by atoms with Crippen molar-refractivity contribution in [3.05, 3.63) is 35.9 Å². The van der Waals surface area contributed by atoms with Crippen LogP contribution in [0.15, 0.2) is 30.3 Å². The van der Waals surface area contributed by atoms with Crippen molar-refractivity contribution in [2.75, 3.05) is 13.2 Å². The largest absolute Gasteiger partial charge is 0.481 e. The second kappa shape index (κ2) is 9.70. The molecule has 146 valence electrons. The van der Waals surface area contributed by atoms with Crippen LogP contribution in [-0.2, 0) is 30.3 Å². The molecule has 0 saturated carbocycles. The van der Waals surface area contributed by atoms with E-state index in [0.717, 1.165) is 5.56 Å². The number of amides is 2. The molecule has 1 aliphatic rings. The van der Waals surface area contributed by atoms with Crippen molar-refractivity contribution in [3.63, 3.8) is 0 Å². The smallest absolute Gasteiger partial charge is 0.329 e. The molecule has 1 heterocycles. The lowest BCUT2D eigenvalue weighted by atomic mass is 10.1. The maximum Gasteiger partial charge on any atom is 0.329 e. The molecule has 1 aliphatic heterocycles. The average molecular weight is 376 g/mol. The topological polar surface area (TPSA) is 113 Å². The first-order valence-corrected chi connectivity index (χ1v) is 8.94. The van der Waals surface area contributed by atoms with Crippen LogP contribution in [0.1, 0.15) is 31.7 Å². The number of carboxylic acid groups (broad SMARTS) is 1. The Morgan fingerprint density at radius 3 is 2.59 bits per heavy atom. The van der Waals surface area contributed by atoms with Gasteiger partial charge in [-0.1, -0.05) is 30.3 Å². The molecule has 1 aromatic carbocycles. The van der Waals surface area contributed by atoms with Crippen LogP contribution in [0.2, 0.25) is 0 Å². The van der Waals surface area contributed by atoms with Gasteiger partial charge in [0.15, 0.2) is 0 Å². The highest BCUT2D eigenvalue weighted by Gasteiger charge is 2.36. The van der Waals surface area contributed by atoms with Crippen molar-refractivity contribution in [2.24, 2.45) is 0 Å². The van der Waals surface area contributed by atoms with E-state index in [1.165, 1.54) is 4.90 Å². The number of carbonyl (C=O) groups excluding carboxylic acids is 3. The fourth-order valence-electron chi connectivity index (χ4n) is 3.09. The van der Waals surface area contributed by atoms with E-state index in [0.29, 0.717) is 19.4 Å². The van der Waals surface area contributed by atoms with E-state index in [1.807, 2.05) is 30.3 Å². The molecule has 2 unspecified atom stereocenters. The lowest BCUT2D eigenvalue weighted by Crippen LogP contribution is -2.52. The first-order valence-electron chi connectivity index (χ1n) is 8.94. The number of carbonyl (C=O) groups is 4. The van der Waals surface area contributed by atoms with Crippen LogP contribution in [0.4, 0.5) is 0 Å². The number of carboxylic acids is 1. The second-order valence-corrected chi connectivity index (χ2v) is 6.32. The van der Waals surface area contributed by atoms with Crippen LogP contribution in [0.25, 0.3) is 0 Å². The maximum atomic E-state index is 12.6. The normalized spacial score (nSPS) is 17.2. The minimum absolute atomic E-state index is 0.0793. The molecule has 0 spiro atoms. The van der Waals surface area contributed by atoms with E-state index in [1.54, 1.807) is 6.92 Å². The van der Waals surface area contributed by atoms with Crippen LogP contribution in [-0.4, -0.2) is 59.0 Å². The van der Waals surface area contributed by atoms with Crippen LogP contribution in [0.3, 0.4) is 0 Å². The molecule has 0 radical (unpaired) electrons. The van der Waals surface area contributed by atoms with E-state index < -0.39 is 36.4 Å². The molecule has 0 bridgehead atoms. The van der Waals surface area contributed by atoms with Gasteiger partial charge in [-0.05, 0) is 25.3 Å². The molecule has 2 N–H and O–H groups in total. The predicted octanol–water partition coefficient (Wildman–Crippen LogP) is 0.743. The van der Waals surface area contributed by atoms with Crippen molar-refractivity contribution >= 4 is 23.8 Å². The number of rotatable bonds is 8. The molecule has 1 fully saturated rings. The van der Waals surface area contributed by atoms with Gasteiger partial charge in [0, 0.05) is 6.54 Å². The van der Waals surface area contributed by atoms with Crippen LogP contribution in [0.5, 0.6) is 0 Å². The third-order valence-electron chi connectivity index (χ3n) is 4.34. The van der Waals surface area contributed by atoms with Gasteiger partial charge in [0.2, 0.25) is 11.8 Å². The van der Waals surface area contributed by atoms with Crippen LogP contribution in [0, 0.1) is 0 Å². The van der Waals surface area contributed by atoms with Gasteiger partial charge in [-0.25, -0.2) is 4.79 Å². The van der Waals surface area contributed by atoms with E-state index in [9.17, 15) is 19.2 Å². The summed E-state index contributed by atoms with van der Waals surface area (Å²) in [6.07, 6.45) is 0.743. The number of aliphatic carboxylic acids is 1. The standard InChI is InChI=1S/C19H24N2O6/c1-2-27-19(26)14(12-17(23)24)20-18(25)15-9-6-10-21(15)16(22)11-13-7-4-3-5-8-13/h3-5,7-8,14-15H,2,6,9-12H2,1H3,(H,20,25)(H,23,24). The van der Waals surface area contributed by atoms with E-state index >= 15 is 0 Å². The highest BCUT2D eigenvalue weighted by atomic mass is 16.5. The van der Waals surface area contributed by atoms with Gasteiger partial charge in [-0.2, -0.15) is 0 Å². The van der Waals surface area contributed by atoms with Gasteiger partial charge >= 0.3 is 11.9 Å². The third-order valence-corrected chi connectivity index (χ3v) is 4.34. The Hall–Kier alpha value is -2.90. The Balaban J connectivity index is 2.03. The third kappa shape index (κ3) is 5.80. The number of benzene rings is 1. The lowest BCUT2D eigenvalue weighted by molar-refractivity contribution is -0.152. The zero-order valence-corrected chi connectivity index (χ0v) is 15.2. The fourth-order valence-corrected chi connectivity index (χ4v) is 3.09. The number of ether oxygens (including phenoxy) is 1. The molecule has 2 rings (SSSR count). The first-order chi connectivity index (χ1) is 12.9. The monoisotopic (exact) mass is 376 g/mol. The van der Waals surface area contributed by atoms with Gasteiger partial charge < -0.3 is 20.1 Å². The van der Waals surface area contributed by atoms with Crippen molar-refractivity contribution in [3.8, 4) is 0 Å². The quantitative estimate of drug-likeness (QED) is 0.647. The SMILES string of the molecule is CCOC(=O)C(CC(=O)O)NC(=O)C1CCCN1C(=O)Cc1ccccc1. The molecule has 0 aromatic heterocycles. The van der Waals surface area contributed by atoms with Gasteiger partial charge in [0.05, 0.1) is 19.4 Å². The van der Waals surface area contributed by atoms with E-state index in [4.69, 9.17) is 9.84 Å². The highest BCUT2D eigenvalue weighted by Crippen LogP contribution is 2.19. The summed E-state index contributed by atoms with van der Waals surface area (Å²) in [5.74, 6) is -2.73. The summed E-state index contributed by atoms with van der Waals surface area (Å²) in [5, 5.41) is 11.4. The highest BCUT2D eigenvalue weighted by molar-refractivity contribution is 5.92. The minimum atomic E-state index is -1.28. The zero-order valence-electron chi connectivity index (χ0n) is 15.2. The Bertz CT molecular complexity index is 691. The molecular weight excluding hydrogens is 352 g/mol. The summed E-state index contributed by atoms with van der Waals surface area (Å²) in [7, 11) is 0. The van der Waals surface area contributed by atoms with Gasteiger partial charge in [0.25, 0.3) is 0 Å². The molecule has 2 atom stereocenters. The number of hydrogen-bond donors (Lipinski definition) is 2. The summed E-state index contributed by atoms with van der Waals surface area (Å²) in [4.78, 5) is 49.6. The molecule has 8 nitrogen and oxygen atoms in total. The number of nitrogens with zero attached hydrogens (tertiary/aromatic N) is 1. The molecule has 0 aliphatic carbocycles. The van der Waals surface area contributed by atoms with Crippen molar-refractivity contribution in [1.82, 2.24) is 10.2 Å². The van der Waals surface area contributed by atoms with E-state index in [-0.39, 0.29) is 18.9 Å². The molecule has 1 aromatic rings. The van der Waals surface area contributed by atoms with Gasteiger partial charge in [-0.15, -0.1) is 0 Å². The van der Waals surface area contributed by atoms with Crippen LogP contribution >= 0.6 is 0 Å². The summed E-state index contributed by atoms with van der Waals surface area (Å²) >= 11 is 0. The summed E-state index contributed by atoms with van der Waals surface area (Å²) in [6, 6.07) is 7.23. The predicted molar refractivity (Wildman–Crippen MR) is 95.7 cm³/mol. The summed E-state index contributed by atoms with van der Waals surface area (Å²) < 4.78 is 4.82. The maximum absolute atomic E-state index is 12.6.